The Bertz CT molecular complexity index is 370. The van der Waals surface area contributed by atoms with Gasteiger partial charge in [-0.05, 0) is 19.3 Å². The Morgan fingerprint density at radius 2 is 2.20 bits per heavy atom. The standard InChI is InChI=1S/C11H18N4/c1-3-9-10(12)11(15(2)14-9)13-8-6-4-5-7-8/h4-5,8,13H,3,6-7,12H2,1-2H3. The Hall–Kier alpha value is -1.45. The van der Waals surface area contributed by atoms with E-state index >= 15 is 0 Å². The molecule has 0 aromatic carbocycles. The Balaban J connectivity index is 2.16. The van der Waals surface area contributed by atoms with Crippen LogP contribution in [0.15, 0.2) is 12.2 Å². The predicted octanol–water partition coefficient (Wildman–Crippen LogP) is 1.70. The number of hydrogen-bond acceptors (Lipinski definition) is 3. The van der Waals surface area contributed by atoms with Crippen molar-refractivity contribution in [3.63, 3.8) is 0 Å². The number of aryl methyl sites for hydroxylation is 2. The van der Waals surface area contributed by atoms with Gasteiger partial charge in [-0.25, -0.2) is 0 Å². The minimum atomic E-state index is 0.479. The van der Waals surface area contributed by atoms with E-state index in [1.54, 1.807) is 0 Å². The van der Waals surface area contributed by atoms with Gasteiger partial charge in [0.1, 0.15) is 5.82 Å². The SMILES string of the molecule is CCc1nn(C)c(NC2CC=CC2)c1N. The first-order valence-corrected chi connectivity index (χ1v) is 5.45. The molecule has 1 aromatic rings. The molecule has 82 valence electrons. The van der Waals surface area contributed by atoms with Gasteiger partial charge in [-0.1, -0.05) is 19.1 Å². The van der Waals surface area contributed by atoms with Crippen LogP contribution in [-0.2, 0) is 13.5 Å². The second-order valence-electron chi connectivity index (χ2n) is 3.97. The predicted molar refractivity (Wildman–Crippen MR) is 62.8 cm³/mol. The molecule has 4 nitrogen and oxygen atoms in total. The van der Waals surface area contributed by atoms with E-state index in [9.17, 15) is 0 Å². The van der Waals surface area contributed by atoms with Crippen LogP contribution in [0.4, 0.5) is 11.5 Å². The van der Waals surface area contributed by atoms with Crippen LogP contribution < -0.4 is 11.1 Å². The minimum absolute atomic E-state index is 0.479. The lowest BCUT2D eigenvalue weighted by molar-refractivity contribution is 0.717. The van der Waals surface area contributed by atoms with Crippen molar-refractivity contribution in [2.75, 3.05) is 11.1 Å². The number of aromatic nitrogens is 2. The van der Waals surface area contributed by atoms with Gasteiger partial charge in [-0.2, -0.15) is 5.10 Å². The van der Waals surface area contributed by atoms with Gasteiger partial charge in [0, 0.05) is 13.1 Å². The average molecular weight is 206 g/mol. The van der Waals surface area contributed by atoms with Gasteiger partial charge in [0.15, 0.2) is 0 Å². The van der Waals surface area contributed by atoms with Crippen LogP contribution in [0.2, 0.25) is 0 Å². The third-order valence-corrected chi connectivity index (χ3v) is 2.84. The van der Waals surface area contributed by atoms with Crippen molar-refractivity contribution in [3.8, 4) is 0 Å². The molecule has 2 rings (SSSR count). The molecule has 0 bridgehead atoms. The largest absolute Gasteiger partial charge is 0.394 e. The molecule has 1 aliphatic carbocycles. The third-order valence-electron chi connectivity index (χ3n) is 2.84. The van der Waals surface area contributed by atoms with Gasteiger partial charge < -0.3 is 11.1 Å². The Morgan fingerprint density at radius 1 is 1.53 bits per heavy atom. The van der Waals surface area contributed by atoms with E-state index in [1.165, 1.54) is 0 Å². The van der Waals surface area contributed by atoms with Gasteiger partial charge in [0.25, 0.3) is 0 Å². The van der Waals surface area contributed by atoms with Crippen LogP contribution in [0.1, 0.15) is 25.5 Å². The van der Waals surface area contributed by atoms with Gasteiger partial charge in [0.05, 0.1) is 11.4 Å². The molecule has 0 aliphatic heterocycles. The number of rotatable bonds is 3. The zero-order chi connectivity index (χ0) is 10.8. The van der Waals surface area contributed by atoms with Crippen LogP contribution >= 0.6 is 0 Å². The molecule has 0 radical (unpaired) electrons. The zero-order valence-electron chi connectivity index (χ0n) is 9.33. The number of nitrogens with one attached hydrogen (secondary N) is 1. The molecule has 1 aromatic heterocycles. The van der Waals surface area contributed by atoms with Crippen molar-refractivity contribution < 1.29 is 0 Å². The van der Waals surface area contributed by atoms with Gasteiger partial charge >= 0.3 is 0 Å². The fraction of sp³-hybridized carbons (Fsp3) is 0.545. The number of anilines is 2. The highest BCUT2D eigenvalue weighted by Crippen LogP contribution is 2.25. The molecule has 3 N–H and O–H groups in total. The monoisotopic (exact) mass is 206 g/mol. The molecular formula is C11H18N4. The number of hydrogen-bond donors (Lipinski definition) is 2. The van der Waals surface area contributed by atoms with Crippen LogP contribution in [0.3, 0.4) is 0 Å². The number of nitrogens with two attached hydrogens (primary N) is 1. The first-order chi connectivity index (χ1) is 7.22. The van der Waals surface area contributed by atoms with Crippen molar-refractivity contribution in [3.05, 3.63) is 17.8 Å². The topological polar surface area (TPSA) is 55.9 Å². The van der Waals surface area contributed by atoms with E-state index in [4.69, 9.17) is 5.73 Å². The minimum Gasteiger partial charge on any atom is -0.394 e. The summed E-state index contributed by atoms with van der Waals surface area (Å²) in [5, 5.41) is 7.82. The van der Waals surface area contributed by atoms with E-state index in [-0.39, 0.29) is 0 Å². The second kappa shape index (κ2) is 3.96. The van der Waals surface area contributed by atoms with E-state index < -0.39 is 0 Å². The summed E-state index contributed by atoms with van der Waals surface area (Å²) in [5.41, 5.74) is 7.80. The van der Waals surface area contributed by atoms with E-state index in [0.29, 0.717) is 6.04 Å². The summed E-state index contributed by atoms with van der Waals surface area (Å²) < 4.78 is 1.84. The summed E-state index contributed by atoms with van der Waals surface area (Å²) >= 11 is 0. The van der Waals surface area contributed by atoms with Gasteiger partial charge in [-0.15, -0.1) is 0 Å². The summed E-state index contributed by atoms with van der Waals surface area (Å²) in [7, 11) is 1.93. The van der Waals surface area contributed by atoms with Crippen molar-refractivity contribution in [2.45, 2.75) is 32.2 Å². The van der Waals surface area contributed by atoms with E-state index in [1.807, 2.05) is 11.7 Å². The van der Waals surface area contributed by atoms with Crippen molar-refractivity contribution in [1.82, 2.24) is 9.78 Å². The highest BCUT2D eigenvalue weighted by Gasteiger charge is 2.16. The molecule has 0 atom stereocenters. The summed E-state index contributed by atoms with van der Waals surface area (Å²) in [6, 6.07) is 0.479. The number of nitrogen functional groups attached to an aromatic ring is 1. The molecule has 1 heterocycles. The van der Waals surface area contributed by atoms with Crippen molar-refractivity contribution in [1.29, 1.82) is 0 Å². The molecule has 0 unspecified atom stereocenters. The molecule has 0 fully saturated rings. The lowest BCUT2D eigenvalue weighted by Crippen LogP contribution is -2.18. The average Bonchev–Trinajstić information content (AvgIpc) is 2.81. The Labute approximate surface area is 90.2 Å². The quantitative estimate of drug-likeness (QED) is 0.740. The fourth-order valence-corrected chi connectivity index (χ4v) is 1.96. The van der Waals surface area contributed by atoms with Crippen molar-refractivity contribution >= 4 is 11.5 Å². The first kappa shape index (κ1) is 10.1. The molecule has 0 amide bonds. The summed E-state index contributed by atoms with van der Waals surface area (Å²) in [4.78, 5) is 0. The molecule has 4 heteroatoms. The van der Waals surface area contributed by atoms with Crippen LogP contribution in [0, 0.1) is 0 Å². The van der Waals surface area contributed by atoms with E-state index in [2.05, 4.69) is 29.5 Å². The highest BCUT2D eigenvalue weighted by molar-refractivity contribution is 5.65. The molecule has 0 spiro atoms. The lowest BCUT2D eigenvalue weighted by Gasteiger charge is -2.14. The Kier molecular flexibility index (Phi) is 2.66. The summed E-state index contributed by atoms with van der Waals surface area (Å²) in [5.74, 6) is 0.959. The summed E-state index contributed by atoms with van der Waals surface area (Å²) in [6.45, 7) is 2.07. The normalized spacial score (nSPS) is 16.1. The molecule has 0 saturated heterocycles. The Morgan fingerprint density at radius 3 is 2.73 bits per heavy atom. The van der Waals surface area contributed by atoms with Crippen LogP contribution in [0.5, 0.6) is 0 Å². The lowest BCUT2D eigenvalue weighted by atomic mass is 10.2. The molecule has 0 saturated carbocycles. The van der Waals surface area contributed by atoms with E-state index in [0.717, 1.165) is 36.5 Å². The van der Waals surface area contributed by atoms with Crippen LogP contribution in [0.25, 0.3) is 0 Å². The van der Waals surface area contributed by atoms with Crippen molar-refractivity contribution in [2.24, 2.45) is 7.05 Å². The smallest absolute Gasteiger partial charge is 0.148 e. The maximum absolute atomic E-state index is 6.03. The molecule has 15 heavy (non-hydrogen) atoms. The fourth-order valence-electron chi connectivity index (χ4n) is 1.96. The third kappa shape index (κ3) is 1.84. The van der Waals surface area contributed by atoms with Gasteiger partial charge in [0.2, 0.25) is 0 Å². The highest BCUT2D eigenvalue weighted by atomic mass is 15.3. The summed E-state index contributed by atoms with van der Waals surface area (Å²) in [6.07, 6.45) is 7.43. The first-order valence-electron chi connectivity index (χ1n) is 5.45. The maximum Gasteiger partial charge on any atom is 0.148 e. The maximum atomic E-state index is 6.03. The van der Waals surface area contributed by atoms with Crippen LogP contribution in [-0.4, -0.2) is 15.8 Å². The molecular weight excluding hydrogens is 188 g/mol. The second-order valence-corrected chi connectivity index (χ2v) is 3.97. The molecule has 1 aliphatic rings. The number of nitrogens with zero attached hydrogens (tertiary/aromatic N) is 2. The van der Waals surface area contributed by atoms with Gasteiger partial charge in [-0.3, -0.25) is 4.68 Å². The zero-order valence-corrected chi connectivity index (χ0v) is 9.33.